The van der Waals surface area contributed by atoms with Crippen LogP contribution in [0.1, 0.15) is 40.1 Å². The third-order valence-corrected chi connectivity index (χ3v) is 5.06. The summed E-state index contributed by atoms with van der Waals surface area (Å²) in [4.78, 5) is 16.7. The second-order valence-corrected chi connectivity index (χ2v) is 7.05. The van der Waals surface area contributed by atoms with Gasteiger partial charge < -0.3 is 21.8 Å². The summed E-state index contributed by atoms with van der Waals surface area (Å²) in [7, 11) is 1.84. The first kappa shape index (κ1) is 20.6. The number of nitrogens with one attached hydrogen (secondary N) is 4. The van der Waals surface area contributed by atoms with E-state index in [4.69, 9.17) is 27.7 Å². The average molecular weight is 414 g/mol. The third-order valence-electron chi connectivity index (χ3n) is 4.65. The molecule has 0 saturated carbocycles. The Morgan fingerprint density at radius 3 is 2.83 bits per heavy atom. The highest BCUT2D eigenvalue weighted by Crippen LogP contribution is 2.30. The number of hydrogen-bond acceptors (Lipinski definition) is 7. The van der Waals surface area contributed by atoms with Crippen LogP contribution in [-0.4, -0.2) is 36.7 Å². The number of nitrogens with two attached hydrogens (primary N) is 1. The van der Waals surface area contributed by atoms with Crippen LogP contribution in [-0.2, 0) is 0 Å². The van der Waals surface area contributed by atoms with E-state index in [0.29, 0.717) is 40.0 Å². The standard InChI is InChI=1S/C20H24ClN7O/c1-4-24-19(29)12-5-6-13(11(2)9-12)18-26-20(28(3)27-18)25-16-8-7-15(23)14(10-22)17(16)21/h5-10,18,22,27H,4,23H2,1-3H3,(H,24,29)(H,25,26). The topological polar surface area (TPSA) is 119 Å². The van der Waals surface area contributed by atoms with E-state index in [9.17, 15) is 4.79 Å². The first-order chi connectivity index (χ1) is 13.8. The van der Waals surface area contributed by atoms with E-state index < -0.39 is 0 Å². The van der Waals surface area contributed by atoms with Crippen LogP contribution in [0, 0.1) is 12.3 Å². The van der Waals surface area contributed by atoms with Gasteiger partial charge in [0.05, 0.1) is 10.7 Å². The molecule has 0 aromatic heterocycles. The molecule has 1 heterocycles. The van der Waals surface area contributed by atoms with Crippen LogP contribution in [0.15, 0.2) is 35.3 Å². The normalized spacial score (nSPS) is 15.8. The predicted octanol–water partition coefficient (Wildman–Crippen LogP) is 2.89. The summed E-state index contributed by atoms with van der Waals surface area (Å²) >= 11 is 6.37. The summed E-state index contributed by atoms with van der Waals surface area (Å²) < 4.78 is 0. The number of anilines is 2. The van der Waals surface area contributed by atoms with Crippen molar-refractivity contribution in [2.45, 2.75) is 20.0 Å². The number of aliphatic imine (C=N–C) groups is 1. The maximum atomic E-state index is 12.0. The van der Waals surface area contributed by atoms with Crippen molar-refractivity contribution in [2.75, 3.05) is 24.6 Å². The third kappa shape index (κ3) is 4.18. The number of nitrogens with zero attached hydrogens (tertiary/aromatic N) is 2. The fourth-order valence-electron chi connectivity index (χ4n) is 3.10. The van der Waals surface area contributed by atoms with Crippen molar-refractivity contribution in [1.29, 1.82) is 5.41 Å². The molecule has 0 aliphatic carbocycles. The maximum Gasteiger partial charge on any atom is 0.251 e. The lowest BCUT2D eigenvalue weighted by molar-refractivity contribution is 0.0955. The van der Waals surface area contributed by atoms with Crippen LogP contribution in [0.4, 0.5) is 11.4 Å². The lowest BCUT2D eigenvalue weighted by Crippen LogP contribution is -2.37. The Hall–Kier alpha value is -3.10. The lowest BCUT2D eigenvalue weighted by Gasteiger charge is -2.18. The van der Waals surface area contributed by atoms with Crippen LogP contribution in [0.25, 0.3) is 0 Å². The average Bonchev–Trinajstić information content (AvgIpc) is 3.04. The van der Waals surface area contributed by atoms with Crippen LogP contribution in [0.3, 0.4) is 0 Å². The summed E-state index contributed by atoms with van der Waals surface area (Å²) in [5.41, 5.74) is 13.2. The Morgan fingerprint density at radius 1 is 1.41 bits per heavy atom. The maximum absolute atomic E-state index is 12.0. The molecule has 0 spiro atoms. The van der Waals surface area contributed by atoms with E-state index in [-0.39, 0.29) is 12.1 Å². The van der Waals surface area contributed by atoms with Crippen molar-refractivity contribution < 1.29 is 4.79 Å². The van der Waals surface area contributed by atoms with Crippen molar-refractivity contribution >= 4 is 41.1 Å². The number of hydrazine groups is 1. The van der Waals surface area contributed by atoms with Crippen molar-refractivity contribution in [3.05, 3.63) is 57.6 Å². The largest absolute Gasteiger partial charge is 0.398 e. The Labute approximate surface area is 174 Å². The monoisotopic (exact) mass is 413 g/mol. The Balaban J connectivity index is 1.84. The minimum atomic E-state index is -0.305. The fourth-order valence-corrected chi connectivity index (χ4v) is 3.37. The van der Waals surface area contributed by atoms with Gasteiger partial charge >= 0.3 is 0 Å². The zero-order chi connectivity index (χ0) is 21.1. The molecule has 3 rings (SSSR count). The van der Waals surface area contributed by atoms with Crippen molar-refractivity contribution in [1.82, 2.24) is 15.8 Å². The van der Waals surface area contributed by atoms with Gasteiger partial charge in [0.2, 0.25) is 5.96 Å². The molecule has 6 N–H and O–H groups in total. The molecule has 152 valence electrons. The van der Waals surface area contributed by atoms with Gasteiger partial charge in [-0.25, -0.2) is 10.4 Å². The Bertz CT molecular complexity index is 989. The molecule has 0 bridgehead atoms. The zero-order valence-corrected chi connectivity index (χ0v) is 17.3. The summed E-state index contributed by atoms with van der Waals surface area (Å²) in [6.45, 7) is 4.42. The molecule has 1 amide bonds. The molecular weight excluding hydrogens is 390 g/mol. The van der Waals surface area contributed by atoms with Gasteiger partial charge in [-0.2, -0.15) is 0 Å². The molecule has 1 unspecified atom stereocenters. The van der Waals surface area contributed by atoms with Gasteiger partial charge in [0.15, 0.2) is 0 Å². The number of benzene rings is 2. The van der Waals surface area contributed by atoms with E-state index in [1.165, 1.54) is 0 Å². The number of guanidine groups is 1. The SMILES string of the molecule is CCNC(=O)c1ccc(C2N=C(Nc3ccc(N)c(C=N)c3Cl)N(C)N2)c(C)c1. The number of halogens is 1. The molecule has 29 heavy (non-hydrogen) atoms. The van der Waals surface area contributed by atoms with Gasteiger partial charge in [0.25, 0.3) is 5.91 Å². The number of hydrogen-bond donors (Lipinski definition) is 5. The summed E-state index contributed by atoms with van der Waals surface area (Å²) in [6.07, 6.45) is 0.824. The van der Waals surface area contributed by atoms with Gasteiger partial charge in [-0.15, -0.1) is 0 Å². The van der Waals surface area contributed by atoms with Crippen LogP contribution < -0.4 is 21.8 Å². The predicted molar refractivity (Wildman–Crippen MR) is 118 cm³/mol. The highest BCUT2D eigenvalue weighted by atomic mass is 35.5. The van der Waals surface area contributed by atoms with Crippen molar-refractivity contribution in [3.63, 3.8) is 0 Å². The molecule has 0 radical (unpaired) electrons. The van der Waals surface area contributed by atoms with E-state index in [1.807, 2.05) is 33.0 Å². The van der Waals surface area contributed by atoms with Gasteiger partial charge in [-0.05, 0) is 49.2 Å². The van der Waals surface area contributed by atoms with Gasteiger partial charge in [0, 0.05) is 36.6 Å². The van der Waals surface area contributed by atoms with Crippen LogP contribution >= 0.6 is 11.6 Å². The van der Waals surface area contributed by atoms with Crippen molar-refractivity contribution in [3.8, 4) is 0 Å². The molecule has 2 aromatic carbocycles. The summed E-state index contributed by atoms with van der Waals surface area (Å²) in [5, 5.41) is 15.6. The second kappa shape index (κ2) is 8.50. The highest BCUT2D eigenvalue weighted by Gasteiger charge is 2.25. The smallest absolute Gasteiger partial charge is 0.251 e. The Kier molecular flexibility index (Phi) is 6.05. The number of carbonyl (C=O) groups is 1. The molecular formula is C20H24ClN7O. The highest BCUT2D eigenvalue weighted by molar-refractivity contribution is 6.36. The lowest BCUT2D eigenvalue weighted by atomic mass is 10.0. The summed E-state index contributed by atoms with van der Waals surface area (Å²) in [5.74, 6) is 0.481. The zero-order valence-electron chi connectivity index (χ0n) is 16.5. The molecule has 1 aliphatic heterocycles. The van der Waals surface area contributed by atoms with E-state index in [2.05, 4.69) is 16.1 Å². The molecule has 0 saturated heterocycles. The minimum Gasteiger partial charge on any atom is -0.398 e. The molecule has 0 fully saturated rings. The molecule has 2 aromatic rings. The van der Waals surface area contributed by atoms with E-state index >= 15 is 0 Å². The first-order valence-electron chi connectivity index (χ1n) is 9.17. The van der Waals surface area contributed by atoms with Gasteiger partial charge in [0.1, 0.15) is 6.17 Å². The Morgan fingerprint density at radius 2 is 2.17 bits per heavy atom. The van der Waals surface area contributed by atoms with Gasteiger partial charge in [-0.3, -0.25) is 9.80 Å². The quantitative estimate of drug-likeness (QED) is 0.381. The number of amides is 1. The fraction of sp³-hybridized carbons (Fsp3) is 0.250. The number of carbonyl (C=O) groups excluding carboxylic acids is 1. The van der Waals surface area contributed by atoms with Gasteiger partial charge in [-0.1, -0.05) is 17.7 Å². The molecule has 1 aliphatic rings. The molecule has 8 nitrogen and oxygen atoms in total. The second-order valence-electron chi connectivity index (χ2n) is 6.67. The summed E-state index contributed by atoms with van der Waals surface area (Å²) in [6, 6.07) is 9.00. The molecule has 1 atom stereocenters. The first-order valence-corrected chi connectivity index (χ1v) is 9.55. The number of rotatable bonds is 5. The number of nitrogen functional groups attached to an aromatic ring is 1. The van der Waals surface area contributed by atoms with Crippen molar-refractivity contribution in [2.24, 2.45) is 4.99 Å². The number of aryl methyl sites for hydroxylation is 1. The molecule has 9 heteroatoms. The van der Waals surface area contributed by atoms with Crippen LogP contribution in [0.5, 0.6) is 0 Å². The minimum absolute atomic E-state index is 0.0931. The van der Waals surface area contributed by atoms with E-state index in [1.54, 1.807) is 23.2 Å². The van der Waals surface area contributed by atoms with E-state index in [0.717, 1.165) is 17.3 Å². The van der Waals surface area contributed by atoms with Crippen LogP contribution in [0.2, 0.25) is 5.02 Å².